The van der Waals surface area contributed by atoms with Crippen molar-refractivity contribution in [2.24, 2.45) is 0 Å². The Morgan fingerprint density at radius 2 is 0.659 bits per heavy atom. The second-order valence-electron chi connectivity index (χ2n) is 12.2. The molecule has 3 aliphatic heterocycles. The van der Waals surface area contributed by atoms with Crippen LogP contribution in [0.3, 0.4) is 0 Å². The van der Waals surface area contributed by atoms with Crippen LogP contribution in [-0.2, 0) is 26.1 Å². The van der Waals surface area contributed by atoms with E-state index in [4.69, 9.17) is 26.1 Å². The first-order valence-electron chi connectivity index (χ1n) is 15.7. The molecule has 44 heavy (non-hydrogen) atoms. The molecule has 3 heterocycles. The number of hydrogen-bond donors (Lipinski definition) is 0. The van der Waals surface area contributed by atoms with Gasteiger partial charge in [-0.15, -0.1) is 0 Å². The minimum absolute atomic E-state index is 0.0860. The average molecular weight is 819 g/mol. The van der Waals surface area contributed by atoms with Gasteiger partial charge >= 0.3 is 39.0 Å². The van der Waals surface area contributed by atoms with Crippen molar-refractivity contribution in [1.82, 2.24) is 0 Å². The van der Waals surface area contributed by atoms with Gasteiger partial charge in [0, 0.05) is 24.5 Å². The van der Waals surface area contributed by atoms with Gasteiger partial charge in [-0.25, -0.2) is 0 Å². The Bertz CT molecular complexity index is 1230. The van der Waals surface area contributed by atoms with E-state index in [1.54, 1.807) is 0 Å². The van der Waals surface area contributed by atoms with Crippen LogP contribution in [0.25, 0.3) is 0 Å². The largest absolute Gasteiger partial charge is 0.478 e. The van der Waals surface area contributed by atoms with Crippen molar-refractivity contribution < 1.29 is 26.1 Å². The van der Waals surface area contributed by atoms with Crippen LogP contribution >= 0.6 is 47.8 Å². The van der Waals surface area contributed by atoms with E-state index in [9.17, 15) is 0 Å². The fourth-order valence-electron chi connectivity index (χ4n) is 6.89. The molecule has 8 rings (SSSR count). The number of halogens is 3. The topological polar surface area (TPSA) is 55.4 Å². The van der Waals surface area contributed by atoms with E-state index in [0.29, 0.717) is 0 Å². The zero-order valence-corrected chi connectivity index (χ0v) is 31.2. The molecular weight excluding hydrogens is 785 g/mol. The second-order valence-corrected chi connectivity index (χ2v) is 20.4. The normalized spacial score (nSPS) is 27.2. The van der Waals surface area contributed by atoms with E-state index in [1.165, 1.54) is 12.8 Å². The first-order chi connectivity index (χ1) is 21.4. The molecule has 3 saturated heterocycles. The summed E-state index contributed by atoms with van der Waals surface area (Å²) < 4.78 is 46.8. The molecule has 6 nitrogen and oxygen atoms in total. The van der Waals surface area contributed by atoms with Gasteiger partial charge in [0.2, 0.25) is 0 Å². The Morgan fingerprint density at radius 1 is 0.409 bits per heavy atom. The van der Waals surface area contributed by atoms with Crippen molar-refractivity contribution in [1.29, 1.82) is 0 Å². The lowest BCUT2D eigenvalue weighted by Gasteiger charge is -2.52. The van der Waals surface area contributed by atoms with Gasteiger partial charge in [-0.05, 0) is 78.5 Å². The molecule has 228 valence electrons. The van der Waals surface area contributed by atoms with Crippen LogP contribution in [0, 0.1) is 0 Å². The third-order valence-electron chi connectivity index (χ3n) is 9.26. The minimum atomic E-state index is -3.58. The first-order valence-corrected chi connectivity index (χ1v) is 21.7. The summed E-state index contributed by atoms with van der Waals surface area (Å²) in [6.45, 7) is 0. The Kier molecular flexibility index (Phi) is 10.1. The van der Waals surface area contributed by atoms with Crippen molar-refractivity contribution in [2.75, 3.05) is 0 Å². The summed E-state index contributed by atoms with van der Waals surface area (Å²) in [4.78, 5) is 0. The van der Waals surface area contributed by atoms with Gasteiger partial charge in [0.05, 0.1) is 0 Å². The number of rotatable bonds is 5. The molecule has 5 aliphatic rings. The monoisotopic (exact) mass is 816 g/mol. The summed E-state index contributed by atoms with van der Waals surface area (Å²) in [5, 5.41) is 0. The quantitative estimate of drug-likeness (QED) is 0.256. The van der Waals surface area contributed by atoms with Crippen LogP contribution in [0.1, 0.15) is 64.2 Å². The van der Waals surface area contributed by atoms with E-state index >= 15 is 0 Å². The van der Waals surface area contributed by atoms with Crippen LogP contribution < -0.4 is 16.4 Å². The molecule has 3 aromatic carbocycles. The van der Waals surface area contributed by atoms with Crippen molar-refractivity contribution >= 4 is 103 Å². The molecule has 3 aromatic rings. The highest BCUT2D eigenvalue weighted by Gasteiger charge is 2.67. The summed E-state index contributed by atoms with van der Waals surface area (Å²) in [6, 6.07) is 24.5. The summed E-state index contributed by atoms with van der Waals surface area (Å²) in [6.07, 6.45) is 10.7. The van der Waals surface area contributed by atoms with Crippen molar-refractivity contribution in [3.8, 4) is 0 Å². The summed E-state index contributed by atoms with van der Waals surface area (Å²) >= 11 is 10.8. The number of fused-ring (bicyclic) bond motifs is 6. The molecule has 0 aromatic heterocycles. The maximum absolute atomic E-state index is 7.30. The van der Waals surface area contributed by atoms with Crippen LogP contribution in [0.5, 0.6) is 0 Å². The Morgan fingerprint density at radius 3 is 0.909 bits per heavy atom. The summed E-state index contributed by atoms with van der Waals surface area (Å²) in [5.41, 5.74) is 2.91. The van der Waals surface area contributed by atoms with Gasteiger partial charge in [-0.1, -0.05) is 123 Å². The highest BCUT2D eigenvalue weighted by atomic mass is 79.9. The molecule has 0 amide bonds. The Balaban J connectivity index is 1.41. The van der Waals surface area contributed by atoms with Crippen LogP contribution in [0.4, 0.5) is 0 Å². The molecule has 0 radical (unpaired) electrons. The van der Waals surface area contributed by atoms with E-state index < -0.39 is 39.0 Å². The molecule has 2 saturated carbocycles. The third kappa shape index (κ3) is 6.87. The fourth-order valence-corrected chi connectivity index (χ4v) is 14.6. The maximum Gasteiger partial charge on any atom is 0.478 e. The molecule has 14 heteroatoms. The zero-order chi connectivity index (χ0) is 30.1. The Labute approximate surface area is 288 Å². The number of benzene rings is 3. The maximum atomic E-state index is 7.30. The van der Waals surface area contributed by atoms with Crippen LogP contribution in [-0.4, -0.2) is 39.0 Å². The standard InChI is InChI=1S/C30H34B3Br3O6Si2/c34-26-17-11-23(12-18-26)31-37-43(29-7-3-1-4-8-29)38-32(24-13-19-27(35)20-14-24)41-44(40-31,30-9-5-2-6-10-30)42-33(39-43)25-15-21-28(36)22-16-25/h11-22,29-30H,1-10H2. The van der Waals surface area contributed by atoms with Gasteiger partial charge in [0.1, 0.15) is 0 Å². The first kappa shape index (κ1) is 32.1. The van der Waals surface area contributed by atoms with Gasteiger partial charge in [0.15, 0.2) is 0 Å². The lowest BCUT2D eigenvalue weighted by atomic mass is 9.80. The van der Waals surface area contributed by atoms with E-state index in [-0.39, 0.29) is 11.1 Å². The molecule has 2 bridgehead atoms. The lowest BCUT2D eigenvalue weighted by molar-refractivity contribution is 0.110. The predicted octanol–water partition coefficient (Wildman–Crippen LogP) is 7.13. The average Bonchev–Trinajstić information content (AvgIpc) is 3.03. The zero-order valence-electron chi connectivity index (χ0n) is 24.5. The summed E-state index contributed by atoms with van der Waals surface area (Å²) in [5.74, 6) is 0. The van der Waals surface area contributed by atoms with Gasteiger partial charge in [0.25, 0.3) is 0 Å². The van der Waals surface area contributed by atoms with Crippen LogP contribution in [0.2, 0.25) is 11.1 Å². The van der Waals surface area contributed by atoms with Gasteiger partial charge < -0.3 is 26.1 Å². The molecule has 5 fully saturated rings. The highest BCUT2D eigenvalue weighted by Crippen LogP contribution is 2.47. The van der Waals surface area contributed by atoms with E-state index in [0.717, 1.165) is 81.2 Å². The lowest BCUT2D eigenvalue weighted by Crippen LogP contribution is -2.75. The van der Waals surface area contributed by atoms with E-state index in [1.807, 2.05) is 36.4 Å². The molecule has 0 spiro atoms. The highest BCUT2D eigenvalue weighted by molar-refractivity contribution is 9.11. The van der Waals surface area contributed by atoms with Gasteiger partial charge in [-0.3, -0.25) is 0 Å². The third-order valence-corrected chi connectivity index (χ3v) is 17.3. The minimum Gasteiger partial charge on any atom is -0.409 e. The second kappa shape index (κ2) is 13.9. The summed E-state index contributed by atoms with van der Waals surface area (Å²) in [7, 11) is -9.31. The molecular formula is C30H34B3Br3O6Si2. The Hall–Kier alpha value is -0.511. The number of hydrogen-bond acceptors (Lipinski definition) is 6. The predicted molar refractivity (Wildman–Crippen MR) is 190 cm³/mol. The smallest absolute Gasteiger partial charge is 0.409 e. The molecule has 0 atom stereocenters. The van der Waals surface area contributed by atoms with Crippen molar-refractivity contribution in [2.45, 2.75) is 75.3 Å². The molecule has 2 aliphatic carbocycles. The molecule has 0 unspecified atom stereocenters. The van der Waals surface area contributed by atoms with Gasteiger partial charge in [-0.2, -0.15) is 0 Å². The van der Waals surface area contributed by atoms with E-state index in [2.05, 4.69) is 84.2 Å². The van der Waals surface area contributed by atoms with Crippen molar-refractivity contribution in [3.63, 3.8) is 0 Å². The molecule has 0 N–H and O–H groups in total. The SMILES string of the molecule is Brc1ccc(B2O[Si]3(C4CCCCC4)OB(c4ccc(Br)cc4)O[Si](C4CCCCC4)(O2)OB(c2ccc(Br)cc2)O3)cc1. The fraction of sp³-hybridized carbons (Fsp3) is 0.400. The van der Waals surface area contributed by atoms with Crippen molar-refractivity contribution in [3.05, 3.63) is 86.2 Å². The van der Waals surface area contributed by atoms with Crippen LogP contribution in [0.15, 0.2) is 86.2 Å².